The fraction of sp³-hybridized carbons (Fsp3) is 0.412. The molecule has 0 unspecified atom stereocenters. The molecule has 0 spiro atoms. The fourth-order valence-electron chi connectivity index (χ4n) is 2.85. The number of nitrogens with zero attached hydrogens (tertiary/aromatic N) is 2. The lowest BCUT2D eigenvalue weighted by Crippen LogP contribution is -2.44. The predicted octanol–water partition coefficient (Wildman–Crippen LogP) is 4.91. The van der Waals surface area contributed by atoms with Gasteiger partial charge < -0.3 is 14.2 Å². The first-order valence-corrected chi connectivity index (χ1v) is 8.21. The van der Waals surface area contributed by atoms with Gasteiger partial charge in [-0.15, -0.1) is 0 Å². The van der Waals surface area contributed by atoms with E-state index in [-0.39, 0.29) is 0 Å². The van der Waals surface area contributed by atoms with Gasteiger partial charge in [-0.05, 0) is 39.1 Å². The summed E-state index contributed by atoms with van der Waals surface area (Å²) < 4.78 is 6.05. The van der Waals surface area contributed by atoms with Gasteiger partial charge in [0.25, 0.3) is 0 Å². The standard InChI is InChI=1S/C17H20Cl2N2O/c1-11(2)8-15-16(21-6-4-20(3)5-7-21)13-9-12(18)10-14(19)17(13)22-15/h8-10H,4-7H2,1-3H3. The minimum Gasteiger partial charge on any atom is -0.453 e. The van der Waals surface area contributed by atoms with Gasteiger partial charge in [0.05, 0.1) is 10.7 Å². The molecule has 22 heavy (non-hydrogen) atoms. The number of anilines is 1. The third kappa shape index (κ3) is 2.98. The van der Waals surface area contributed by atoms with Crippen molar-refractivity contribution in [2.45, 2.75) is 13.8 Å². The predicted molar refractivity (Wildman–Crippen MR) is 95.3 cm³/mol. The van der Waals surface area contributed by atoms with Crippen LogP contribution in [0.1, 0.15) is 19.6 Å². The van der Waals surface area contributed by atoms with Gasteiger partial charge in [-0.1, -0.05) is 28.8 Å². The summed E-state index contributed by atoms with van der Waals surface area (Å²) in [6, 6.07) is 3.68. The second kappa shape index (κ2) is 6.15. The Labute approximate surface area is 141 Å². The van der Waals surface area contributed by atoms with Gasteiger partial charge in [0.15, 0.2) is 11.3 Å². The topological polar surface area (TPSA) is 19.6 Å². The highest BCUT2D eigenvalue weighted by Gasteiger charge is 2.23. The van der Waals surface area contributed by atoms with Crippen LogP contribution in [0.25, 0.3) is 17.0 Å². The Bertz CT molecular complexity index is 724. The summed E-state index contributed by atoms with van der Waals surface area (Å²) in [6.07, 6.45) is 2.07. The van der Waals surface area contributed by atoms with Gasteiger partial charge >= 0.3 is 0 Å². The van der Waals surface area contributed by atoms with E-state index in [2.05, 4.69) is 36.8 Å². The van der Waals surface area contributed by atoms with Gasteiger partial charge in [-0.2, -0.15) is 0 Å². The van der Waals surface area contributed by atoms with Gasteiger partial charge in [0, 0.05) is 36.6 Å². The number of furan rings is 1. The molecule has 0 bridgehead atoms. The first-order chi connectivity index (χ1) is 10.5. The Hall–Kier alpha value is -1.16. The largest absolute Gasteiger partial charge is 0.453 e. The van der Waals surface area contributed by atoms with Crippen molar-refractivity contribution >= 4 is 45.9 Å². The third-order valence-corrected chi connectivity index (χ3v) is 4.45. The van der Waals surface area contributed by atoms with Gasteiger partial charge in [0.1, 0.15) is 0 Å². The van der Waals surface area contributed by atoms with E-state index in [0.29, 0.717) is 15.6 Å². The van der Waals surface area contributed by atoms with E-state index in [1.807, 2.05) is 6.07 Å². The number of rotatable bonds is 2. The second-order valence-electron chi connectivity index (χ2n) is 6.09. The lowest BCUT2D eigenvalue weighted by atomic mass is 10.1. The highest BCUT2D eigenvalue weighted by Crippen LogP contribution is 2.40. The Kier molecular flexibility index (Phi) is 4.40. The number of halogens is 2. The van der Waals surface area contributed by atoms with Crippen LogP contribution in [0.3, 0.4) is 0 Å². The number of piperazine rings is 1. The molecule has 0 amide bonds. The Morgan fingerprint density at radius 3 is 2.45 bits per heavy atom. The van der Waals surface area contributed by atoms with Crippen LogP contribution in [0.15, 0.2) is 22.1 Å². The Morgan fingerprint density at radius 1 is 1.14 bits per heavy atom. The molecule has 0 radical (unpaired) electrons. The van der Waals surface area contributed by atoms with Crippen molar-refractivity contribution in [2.75, 3.05) is 38.1 Å². The number of benzene rings is 1. The first-order valence-electron chi connectivity index (χ1n) is 7.45. The zero-order valence-corrected chi connectivity index (χ0v) is 14.6. The van der Waals surface area contributed by atoms with Crippen molar-refractivity contribution in [1.29, 1.82) is 0 Å². The first kappa shape index (κ1) is 15.7. The van der Waals surface area contributed by atoms with Crippen molar-refractivity contribution in [2.24, 2.45) is 0 Å². The van der Waals surface area contributed by atoms with Crippen LogP contribution in [0.5, 0.6) is 0 Å². The molecule has 3 rings (SSSR count). The molecule has 5 heteroatoms. The molecule has 0 saturated carbocycles. The van der Waals surface area contributed by atoms with Gasteiger partial charge in [-0.3, -0.25) is 0 Å². The second-order valence-corrected chi connectivity index (χ2v) is 6.93. The highest BCUT2D eigenvalue weighted by molar-refractivity contribution is 6.38. The van der Waals surface area contributed by atoms with Crippen LogP contribution in [-0.4, -0.2) is 38.1 Å². The van der Waals surface area contributed by atoms with Crippen LogP contribution in [0, 0.1) is 0 Å². The third-order valence-electron chi connectivity index (χ3n) is 3.95. The van der Waals surface area contributed by atoms with Crippen LogP contribution in [0.4, 0.5) is 5.69 Å². The van der Waals surface area contributed by atoms with Crippen LogP contribution in [-0.2, 0) is 0 Å². The monoisotopic (exact) mass is 338 g/mol. The molecular formula is C17H20Cl2N2O. The maximum absolute atomic E-state index is 6.32. The minimum atomic E-state index is 0.561. The van der Waals surface area contributed by atoms with E-state index in [9.17, 15) is 0 Å². The molecule has 0 atom stereocenters. The smallest absolute Gasteiger partial charge is 0.155 e. The summed E-state index contributed by atoms with van der Waals surface area (Å²) in [5, 5.41) is 2.19. The highest BCUT2D eigenvalue weighted by atomic mass is 35.5. The Balaban J connectivity index is 2.18. The molecule has 1 aromatic heterocycles. The van der Waals surface area contributed by atoms with E-state index < -0.39 is 0 Å². The molecule has 1 aliphatic heterocycles. The molecule has 2 heterocycles. The zero-order valence-electron chi connectivity index (χ0n) is 13.1. The van der Waals surface area contributed by atoms with E-state index in [1.165, 1.54) is 5.57 Å². The maximum Gasteiger partial charge on any atom is 0.155 e. The summed E-state index contributed by atoms with van der Waals surface area (Å²) in [5.41, 5.74) is 3.01. The quantitative estimate of drug-likeness (QED) is 0.775. The summed E-state index contributed by atoms with van der Waals surface area (Å²) >= 11 is 12.5. The van der Waals surface area contributed by atoms with Crippen molar-refractivity contribution in [1.82, 2.24) is 4.90 Å². The number of likely N-dealkylation sites (N-methyl/N-ethyl adjacent to an activating group) is 1. The molecule has 1 saturated heterocycles. The molecule has 1 fully saturated rings. The normalized spacial score (nSPS) is 16.3. The van der Waals surface area contributed by atoms with Crippen LogP contribution >= 0.6 is 23.2 Å². The SMILES string of the molecule is CC(C)=Cc1oc2c(Cl)cc(Cl)cc2c1N1CCN(C)CC1. The summed E-state index contributed by atoms with van der Waals surface area (Å²) in [6.45, 7) is 8.15. The Morgan fingerprint density at radius 2 is 1.82 bits per heavy atom. The minimum absolute atomic E-state index is 0.561. The fourth-order valence-corrected chi connectivity index (χ4v) is 3.38. The van der Waals surface area contributed by atoms with Crippen molar-refractivity contribution in [3.8, 4) is 0 Å². The van der Waals surface area contributed by atoms with Crippen LogP contribution in [0.2, 0.25) is 10.0 Å². The van der Waals surface area contributed by atoms with E-state index in [4.69, 9.17) is 27.6 Å². The molecule has 0 aliphatic carbocycles. The molecular weight excluding hydrogens is 319 g/mol. The van der Waals surface area contributed by atoms with E-state index >= 15 is 0 Å². The molecule has 0 N–H and O–H groups in total. The molecule has 1 aliphatic rings. The molecule has 3 nitrogen and oxygen atoms in total. The summed E-state index contributed by atoms with van der Waals surface area (Å²) in [7, 11) is 2.15. The van der Waals surface area contributed by atoms with Crippen molar-refractivity contribution in [3.05, 3.63) is 33.5 Å². The van der Waals surface area contributed by atoms with Crippen LogP contribution < -0.4 is 4.90 Å². The lowest BCUT2D eigenvalue weighted by molar-refractivity contribution is 0.312. The van der Waals surface area contributed by atoms with E-state index in [0.717, 1.165) is 43.0 Å². The summed E-state index contributed by atoms with van der Waals surface area (Å²) in [4.78, 5) is 4.70. The number of fused-ring (bicyclic) bond motifs is 1. The van der Waals surface area contributed by atoms with Gasteiger partial charge in [-0.25, -0.2) is 0 Å². The molecule has 118 valence electrons. The average molecular weight is 339 g/mol. The van der Waals surface area contributed by atoms with Crippen molar-refractivity contribution in [3.63, 3.8) is 0 Å². The lowest BCUT2D eigenvalue weighted by Gasteiger charge is -2.33. The van der Waals surface area contributed by atoms with Crippen molar-refractivity contribution < 1.29 is 4.42 Å². The van der Waals surface area contributed by atoms with Gasteiger partial charge in [0.2, 0.25) is 0 Å². The summed E-state index contributed by atoms with van der Waals surface area (Å²) in [5.74, 6) is 0.865. The number of hydrogen-bond donors (Lipinski definition) is 0. The number of allylic oxidation sites excluding steroid dienone is 1. The average Bonchev–Trinajstić information content (AvgIpc) is 2.77. The molecule has 1 aromatic carbocycles. The zero-order chi connectivity index (χ0) is 15.9. The molecule has 2 aromatic rings. The number of hydrogen-bond acceptors (Lipinski definition) is 3. The maximum atomic E-state index is 6.32. The van der Waals surface area contributed by atoms with E-state index in [1.54, 1.807) is 6.07 Å².